The summed E-state index contributed by atoms with van der Waals surface area (Å²) in [6, 6.07) is 44.4. The predicted octanol–water partition coefficient (Wildman–Crippen LogP) is 9.25. The first kappa shape index (κ1) is 21.3. The molecule has 0 fully saturated rings. The van der Waals surface area contributed by atoms with E-state index in [4.69, 9.17) is 0 Å². The van der Waals surface area contributed by atoms with E-state index in [-0.39, 0.29) is 5.75 Å². The fraction of sp³-hybridized carbons (Fsp3) is 0. The van der Waals surface area contributed by atoms with Gasteiger partial charge in [-0.25, -0.2) is 0 Å². The molecule has 1 aromatic heterocycles. The molecule has 0 radical (unpaired) electrons. The van der Waals surface area contributed by atoms with Crippen LogP contribution in [0, 0.1) is 0 Å². The van der Waals surface area contributed by atoms with Crippen LogP contribution in [0.1, 0.15) is 0 Å². The van der Waals surface area contributed by atoms with E-state index in [0.717, 1.165) is 16.5 Å². The van der Waals surface area contributed by atoms with Crippen LogP contribution >= 0.6 is 0 Å². The Labute approximate surface area is 215 Å². The van der Waals surface area contributed by atoms with Crippen molar-refractivity contribution in [2.24, 2.45) is 0 Å². The molecule has 0 saturated heterocycles. The molecule has 37 heavy (non-hydrogen) atoms. The second-order valence-corrected chi connectivity index (χ2v) is 9.32. The zero-order valence-corrected chi connectivity index (χ0v) is 20.1. The van der Waals surface area contributed by atoms with Crippen LogP contribution in [0.5, 0.6) is 5.75 Å². The van der Waals surface area contributed by atoms with Crippen LogP contribution in [-0.2, 0) is 0 Å². The smallest absolute Gasteiger partial charge is 0.141 e. The molecule has 6 aromatic carbocycles. The van der Waals surface area contributed by atoms with Gasteiger partial charge in [0.1, 0.15) is 11.3 Å². The van der Waals surface area contributed by atoms with E-state index in [1.807, 2.05) is 18.2 Å². The molecule has 0 atom stereocenters. The number of phenols is 1. The first-order chi connectivity index (χ1) is 18.3. The fourth-order valence-electron chi connectivity index (χ4n) is 5.59. The zero-order valence-electron chi connectivity index (χ0n) is 20.1. The summed E-state index contributed by atoms with van der Waals surface area (Å²) in [5, 5.41) is 16.3. The van der Waals surface area contributed by atoms with Gasteiger partial charge in [-0.3, -0.25) is 4.98 Å². The summed E-state index contributed by atoms with van der Waals surface area (Å²) in [6.07, 6.45) is 1.72. The van der Waals surface area contributed by atoms with Gasteiger partial charge in [-0.15, -0.1) is 0 Å². The van der Waals surface area contributed by atoms with Gasteiger partial charge in [0.25, 0.3) is 0 Å². The lowest BCUT2D eigenvalue weighted by atomic mass is 9.84. The van der Waals surface area contributed by atoms with Crippen molar-refractivity contribution in [3.8, 4) is 39.1 Å². The third-order valence-corrected chi connectivity index (χ3v) is 7.21. The van der Waals surface area contributed by atoms with Crippen molar-refractivity contribution in [2.45, 2.75) is 0 Å². The molecule has 174 valence electrons. The van der Waals surface area contributed by atoms with Crippen molar-refractivity contribution >= 4 is 32.4 Å². The van der Waals surface area contributed by atoms with E-state index in [1.165, 1.54) is 43.8 Å². The Bertz CT molecular complexity index is 1930. The number of pyridine rings is 1. The first-order valence-electron chi connectivity index (χ1n) is 12.5. The molecule has 0 aliphatic heterocycles. The van der Waals surface area contributed by atoms with E-state index < -0.39 is 0 Å². The number of aromatic hydroxyl groups is 1. The van der Waals surface area contributed by atoms with Gasteiger partial charge in [0.2, 0.25) is 0 Å². The number of rotatable bonds is 3. The highest BCUT2D eigenvalue weighted by molar-refractivity contribution is 6.22. The van der Waals surface area contributed by atoms with Gasteiger partial charge >= 0.3 is 0 Å². The van der Waals surface area contributed by atoms with Crippen LogP contribution in [-0.4, -0.2) is 10.1 Å². The lowest BCUT2D eigenvalue weighted by molar-refractivity contribution is 0.480. The zero-order chi connectivity index (χ0) is 24.8. The Hall–Kier alpha value is -4.95. The van der Waals surface area contributed by atoms with E-state index in [9.17, 15) is 5.11 Å². The molecule has 0 spiro atoms. The van der Waals surface area contributed by atoms with E-state index in [0.29, 0.717) is 5.52 Å². The molecule has 0 saturated carbocycles. The van der Waals surface area contributed by atoms with Crippen molar-refractivity contribution in [3.05, 3.63) is 134 Å². The van der Waals surface area contributed by atoms with Crippen LogP contribution in [0.4, 0.5) is 0 Å². The first-order valence-corrected chi connectivity index (χ1v) is 12.5. The minimum Gasteiger partial charge on any atom is -0.506 e. The maximum atomic E-state index is 10.4. The summed E-state index contributed by atoms with van der Waals surface area (Å²) in [6.45, 7) is 0. The molecular weight excluding hydrogens is 450 g/mol. The Morgan fingerprint density at radius 2 is 1.00 bits per heavy atom. The largest absolute Gasteiger partial charge is 0.506 e. The average Bonchev–Trinajstić information content (AvgIpc) is 2.97. The molecule has 1 N–H and O–H groups in total. The van der Waals surface area contributed by atoms with Crippen LogP contribution in [0.25, 0.3) is 65.8 Å². The highest BCUT2D eigenvalue weighted by Gasteiger charge is 2.18. The van der Waals surface area contributed by atoms with Crippen molar-refractivity contribution in [1.29, 1.82) is 0 Å². The van der Waals surface area contributed by atoms with Gasteiger partial charge in [0.15, 0.2) is 0 Å². The Morgan fingerprint density at radius 3 is 1.68 bits per heavy atom. The topological polar surface area (TPSA) is 33.1 Å². The SMILES string of the molecule is Oc1ccc(-c2ccc3c(-c4ccccc4)c4ccccc4c(-c4ccccc4)c3c2)c2cccnc12. The predicted molar refractivity (Wildman–Crippen MR) is 155 cm³/mol. The molecule has 2 heteroatoms. The Morgan fingerprint density at radius 1 is 0.432 bits per heavy atom. The molecular formula is C35H23NO. The Balaban J connectivity index is 1.64. The minimum atomic E-state index is 0.197. The number of benzene rings is 6. The van der Waals surface area contributed by atoms with Gasteiger partial charge in [0.05, 0.1) is 0 Å². The molecule has 0 bridgehead atoms. The summed E-state index contributed by atoms with van der Waals surface area (Å²) < 4.78 is 0. The second kappa shape index (κ2) is 8.61. The second-order valence-electron chi connectivity index (χ2n) is 9.32. The van der Waals surface area contributed by atoms with Gasteiger partial charge < -0.3 is 5.11 Å². The lowest BCUT2D eigenvalue weighted by Crippen LogP contribution is -1.92. The standard InChI is InChI=1S/C35H23NO/c37-32-20-19-26(30-16-9-21-36-35(30)32)25-17-18-29-31(22-25)34(24-12-5-2-6-13-24)28-15-8-7-14-27(28)33(29)23-10-3-1-4-11-23/h1-22,37H. The summed E-state index contributed by atoms with van der Waals surface area (Å²) in [4.78, 5) is 4.44. The minimum absolute atomic E-state index is 0.197. The summed E-state index contributed by atoms with van der Waals surface area (Å²) in [5.74, 6) is 0.197. The van der Waals surface area contributed by atoms with Crippen LogP contribution < -0.4 is 0 Å². The molecule has 0 amide bonds. The monoisotopic (exact) mass is 473 g/mol. The number of nitrogens with zero attached hydrogens (tertiary/aromatic N) is 1. The number of hydrogen-bond donors (Lipinski definition) is 1. The number of fused-ring (bicyclic) bond motifs is 3. The molecule has 0 aliphatic carbocycles. The third-order valence-electron chi connectivity index (χ3n) is 7.21. The quantitative estimate of drug-likeness (QED) is 0.259. The number of aromatic nitrogens is 1. The van der Waals surface area contributed by atoms with Crippen molar-refractivity contribution in [3.63, 3.8) is 0 Å². The lowest BCUT2D eigenvalue weighted by Gasteiger charge is -2.19. The molecule has 0 unspecified atom stereocenters. The van der Waals surface area contributed by atoms with Crippen LogP contribution in [0.2, 0.25) is 0 Å². The molecule has 2 nitrogen and oxygen atoms in total. The van der Waals surface area contributed by atoms with Gasteiger partial charge in [-0.1, -0.05) is 103 Å². The normalized spacial score (nSPS) is 11.4. The molecule has 0 aliphatic rings. The van der Waals surface area contributed by atoms with Gasteiger partial charge in [-0.2, -0.15) is 0 Å². The fourth-order valence-corrected chi connectivity index (χ4v) is 5.59. The maximum absolute atomic E-state index is 10.4. The van der Waals surface area contributed by atoms with Crippen LogP contribution in [0.15, 0.2) is 134 Å². The van der Waals surface area contributed by atoms with Crippen LogP contribution in [0.3, 0.4) is 0 Å². The number of hydrogen-bond acceptors (Lipinski definition) is 2. The molecule has 7 rings (SSSR count). The Kier molecular flexibility index (Phi) is 4.97. The van der Waals surface area contributed by atoms with E-state index >= 15 is 0 Å². The highest BCUT2D eigenvalue weighted by Crippen LogP contribution is 2.45. The maximum Gasteiger partial charge on any atom is 0.141 e. The summed E-state index contributed by atoms with van der Waals surface area (Å²) in [5.41, 5.74) is 7.64. The van der Waals surface area contributed by atoms with Crippen molar-refractivity contribution < 1.29 is 5.11 Å². The van der Waals surface area contributed by atoms with Gasteiger partial charge in [0, 0.05) is 11.6 Å². The van der Waals surface area contributed by atoms with E-state index in [1.54, 1.807) is 12.3 Å². The van der Waals surface area contributed by atoms with Crippen molar-refractivity contribution in [2.75, 3.05) is 0 Å². The molecule has 1 heterocycles. The number of phenolic OH excluding ortho intramolecular Hbond substituents is 1. The van der Waals surface area contributed by atoms with E-state index in [2.05, 4.69) is 108 Å². The summed E-state index contributed by atoms with van der Waals surface area (Å²) >= 11 is 0. The summed E-state index contributed by atoms with van der Waals surface area (Å²) in [7, 11) is 0. The molecule has 7 aromatic rings. The third kappa shape index (κ3) is 3.46. The van der Waals surface area contributed by atoms with Gasteiger partial charge in [-0.05, 0) is 79.2 Å². The average molecular weight is 474 g/mol. The van der Waals surface area contributed by atoms with Crippen molar-refractivity contribution in [1.82, 2.24) is 4.98 Å². The highest BCUT2D eigenvalue weighted by atomic mass is 16.3.